The average molecular weight is 270 g/mol. The van der Waals surface area contributed by atoms with Crippen LogP contribution < -0.4 is 0 Å². The summed E-state index contributed by atoms with van der Waals surface area (Å²) in [6, 6.07) is 0. The van der Waals surface area contributed by atoms with Gasteiger partial charge in [0.2, 0.25) is 0 Å². The summed E-state index contributed by atoms with van der Waals surface area (Å²) in [5, 5.41) is 19.2. The maximum absolute atomic E-state index is 9.59. The minimum absolute atomic E-state index is 0.248. The topological polar surface area (TPSA) is 49.7 Å². The van der Waals surface area contributed by atoms with E-state index in [1.54, 1.807) is 0 Å². The Labute approximate surface area is 118 Å². The van der Waals surface area contributed by atoms with Crippen molar-refractivity contribution < 1.29 is 14.9 Å². The number of aliphatic hydroxyl groups is 2. The van der Waals surface area contributed by atoms with E-state index in [2.05, 4.69) is 0 Å². The van der Waals surface area contributed by atoms with Crippen molar-refractivity contribution in [3.05, 3.63) is 24.3 Å². The van der Waals surface area contributed by atoms with E-state index in [1.807, 2.05) is 38.2 Å². The Morgan fingerprint density at radius 3 is 1.63 bits per heavy atom. The van der Waals surface area contributed by atoms with Gasteiger partial charge in [0, 0.05) is 13.2 Å². The zero-order chi connectivity index (χ0) is 14.3. The zero-order valence-corrected chi connectivity index (χ0v) is 12.4. The molecule has 0 aliphatic heterocycles. The fourth-order valence-corrected chi connectivity index (χ4v) is 1.77. The van der Waals surface area contributed by atoms with Crippen molar-refractivity contribution in [3.8, 4) is 0 Å². The second-order valence-electron chi connectivity index (χ2n) is 4.81. The average Bonchev–Trinajstić information content (AvgIpc) is 2.41. The van der Waals surface area contributed by atoms with Crippen LogP contribution in [0.2, 0.25) is 0 Å². The van der Waals surface area contributed by atoms with Gasteiger partial charge in [0.15, 0.2) is 0 Å². The number of hydrogen-bond acceptors (Lipinski definition) is 3. The molecular formula is C16H30O3. The third-order valence-electron chi connectivity index (χ3n) is 2.94. The van der Waals surface area contributed by atoms with Crippen molar-refractivity contribution in [2.45, 2.75) is 64.6 Å². The predicted molar refractivity (Wildman–Crippen MR) is 80.2 cm³/mol. The van der Waals surface area contributed by atoms with Crippen LogP contribution in [0, 0.1) is 0 Å². The molecule has 0 saturated carbocycles. The maximum atomic E-state index is 9.59. The summed E-state index contributed by atoms with van der Waals surface area (Å²) in [5.41, 5.74) is 0. The molecule has 0 rings (SSSR count). The van der Waals surface area contributed by atoms with Crippen LogP contribution in [0.4, 0.5) is 0 Å². The monoisotopic (exact) mass is 270 g/mol. The molecule has 0 fully saturated rings. The highest BCUT2D eigenvalue weighted by Gasteiger charge is 2.02. The van der Waals surface area contributed by atoms with E-state index in [1.165, 1.54) is 0 Å². The lowest BCUT2D eigenvalue weighted by Gasteiger charge is -2.10. The molecule has 0 aromatic rings. The van der Waals surface area contributed by atoms with Crippen molar-refractivity contribution in [2.75, 3.05) is 13.2 Å². The fourth-order valence-electron chi connectivity index (χ4n) is 1.77. The van der Waals surface area contributed by atoms with Crippen LogP contribution in [0.25, 0.3) is 0 Å². The summed E-state index contributed by atoms with van der Waals surface area (Å²) in [4.78, 5) is 0. The first-order valence-corrected chi connectivity index (χ1v) is 7.36. The summed E-state index contributed by atoms with van der Waals surface area (Å²) < 4.78 is 5.49. The second kappa shape index (κ2) is 13.8. The van der Waals surface area contributed by atoms with Crippen molar-refractivity contribution >= 4 is 0 Å². The van der Waals surface area contributed by atoms with Gasteiger partial charge in [-0.15, -0.1) is 0 Å². The maximum Gasteiger partial charge on any atom is 0.0575 e. The van der Waals surface area contributed by atoms with Crippen LogP contribution in [0.3, 0.4) is 0 Å². The highest BCUT2D eigenvalue weighted by molar-refractivity contribution is 4.80. The van der Waals surface area contributed by atoms with Gasteiger partial charge in [-0.3, -0.25) is 0 Å². The van der Waals surface area contributed by atoms with Crippen molar-refractivity contribution in [3.63, 3.8) is 0 Å². The molecule has 0 aliphatic carbocycles. The van der Waals surface area contributed by atoms with Gasteiger partial charge >= 0.3 is 0 Å². The Hall–Kier alpha value is -0.640. The SMILES string of the molecule is CC=CCC(O)CCCOCCCC(O)CC=CC. The molecular weight excluding hydrogens is 240 g/mol. The highest BCUT2D eigenvalue weighted by Crippen LogP contribution is 2.05. The number of rotatable bonds is 12. The van der Waals surface area contributed by atoms with Crippen LogP contribution in [0.1, 0.15) is 52.4 Å². The van der Waals surface area contributed by atoms with Gasteiger partial charge in [0.25, 0.3) is 0 Å². The summed E-state index contributed by atoms with van der Waals surface area (Å²) in [6.07, 6.45) is 12.2. The molecule has 3 heteroatoms. The Morgan fingerprint density at radius 2 is 1.26 bits per heavy atom. The Balaban J connectivity index is 3.26. The van der Waals surface area contributed by atoms with Gasteiger partial charge in [-0.25, -0.2) is 0 Å². The van der Waals surface area contributed by atoms with E-state index in [4.69, 9.17) is 4.74 Å². The van der Waals surface area contributed by atoms with Crippen molar-refractivity contribution in [1.82, 2.24) is 0 Å². The van der Waals surface area contributed by atoms with E-state index in [0.717, 1.165) is 38.5 Å². The first kappa shape index (κ1) is 18.4. The van der Waals surface area contributed by atoms with Gasteiger partial charge in [0.1, 0.15) is 0 Å². The molecule has 0 aromatic heterocycles. The van der Waals surface area contributed by atoms with Gasteiger partial charge in [-0.1, -0.05) is 24.3 Å². The number of allylic oxidation sites excluding steroid dienone is 2. The third-order valence-corrected chi connectivity index (χ3v) is 2.94. The summed E-state index contributed by atoms with van der Waals surface area (Å²) >= 11 is 0. The molecule has 2 N–H and O–H groups in total. The Morgan fingerprint density at radius 1 is 0.842 bits per heavy atom. The van der Waals surface area contributed by atoms with E-state index in [0.29, 0.717) is 13.2 Å². The van der Waals surface area contributed by atoms with E-state index in [-0.39, 0.29) is 12.2 Å². The fraction of sp³-hybridized carbons (Fsp3) is 0.750. The molecule has 0 aliphatic rings. The van der Waals surface area contributed by atoms with Gasteiger partial charge in [-0.2, -0.15) is 0 Å². The molecule has 2 unspecified atom stereocenters. The first-order valence-electron chi connectivity index (χ1n) is 7.36. The lowest BCUT2D eigenvalue weighted by Crippen LogP contribution is -2.09. The first-order chi connectivity index (χ1) is 9.20. The molecule has 0 spiro atoms. The largest absolute Gasteiger partial charge is 0.393 e. The van der Waals surface area contributed by atoms with E-state index in [9.17, 15) is 10.2 Å². The highest BCUT2D eigenvalue weighted by atomic mass is 16.5. The minimum Gasteiger partial charge on any atom is -0.393 e. The third kappa shape index (κ3) is 13.6. The number of aliphatic hydroxyl groups excluding tert-OH is 2. The molecule has 19 heavy (non-hydrogen) atoms. The standard InChI is InChI=1S/C16H30O3/c1-3-5-9-15(17)11-7-13-19-14-8-12-16(18)10-6-4-2/h3-6,15-18H,7-14H2,1-2H3. The van der Waals surface area contributed by atoms with E-state index >= 15 is 0 Å². The van der Waals surface area contributed by atoms with Gasteiger partial charge in [0.05, 0.1) is 12.2 Å². The van der Waals surface area contributed by atoms with Gasteiger partial charge in [-0.05, 0) is 52.4 Å². The normalized spacial score (nSPS) is 15.4. The molecule has 0 saturated heterocycles. The molecule has 2 atom stereocenters. The lowest BCUT2D eigenvalue weighted by atomic mass is 10.1. The predicted octanol–water partition coefficient (Wildman–Crippen LogP) is 3.22. The lowest BCUT2D eigenvalue weighted by molar-refractivity contribution is 0.0928. The molecule has 0 amide bonds. The molecule has 0 bridgehead atoms. The smallest absolute Gasteiger partial charge is 0.0575 e. The molecule has 0 aromatic carbocycles. The Kier molecular flexibility index (Phi) is 13.3. The zero-order valence-electron chi connectivity index (χ0n) is 12.4. The van der Waals surface area contributed by atoms with Crippen LogP contribution in [0.15, 0.2) is 24.3 Å². The summed E-state index contributed by atoms with van der Waals surface area (Å²) in [6.45, 7) is 5.30. The molecule has 112 valence electrons. The van der Waals surface area contributed by atoms with Crippen molar-refractivity contribution in [2.24, 2.45) is 0 Å². The molecule has 0 radical (unpaired) electrons. The quantitative estimate of drug-likeness (QED) is 0.423. The van der Waals surface area contributed by atoms with Gasteiger partial charge < -0.3 is 14.9 Å². The van der Waals surface area contributed by atoms with Crippen LogP contribution in [0.5, 0.6) is 0 Å². The molecule has 3 nitrogen and oxygen atoms in total. The van der Waals surface area contributed by atoms with Crippen LogP contribution >= 0.6 is 0 Å². The number of hydrogen-bond donors (Lipinski definition) is 2. The number of ether oxygens (including phenoxy) is 1. The second-order valence-corrected chi connectivity index (χ2v) is 4.81. The summed E-state index contributed by atoms with van der Waals surface area (Å²) in [7, 11) is 0. The minimum atomic E-state index is -0.248. The Bertz CT molecular complexity index is 212. The van der Waals surface area contributed by atoms with Crippen molar-refractivity contribution in [1.29, 1.82) is 0 Å². The summed E-state index contributed by atoms with van der Waals surface area (Å²) in [5.74, 6) is 0. The van der Waals surface area contributed by atoms with E-state index < -0.39 is 0 Å². The van der Waals surface area contributed by atoms with Crippen LogP contribution in [-0.2, 0) is 4.74 Å². The van der Waals surface area contributed by atoms with Crippen LogP contribution in [-0.4, -0.2) is 35.6 Å². The molecule has 0 heterocycles.